The minimum atomic E-state index is 0.946. The lowest BCUT2D eigenvalue weighted by Crippen LogP contribution is -1.89. The monoisotopic (exact) mass is 254 g/mol. The number of nitrogens with zero attached hydrogens (tertiary/aromatic N) is 1. The van der Waals surface area contributed by atoms with Crippen molar-refractivity contribution in [1.29, 1.82) is 0 Å². The Morgan fingerprint density at radius 3 is 2.67 bits per heavy atom. The van der Waals surface area contributed by atoms with E-state index in [1.54, 1.807) is 11.3 Å². The molecule has 0 aliphatic carbocycles. The van der Waals surface area contributed by atoms with Crippen molar-refractivity contribution in [2.45, 2.75) is 13.8 Å². The Balaban J connectivity index is 1.95. The lowest BCUT2D eigenvalue weighted by molar-refractivity contribution is 1.40. The summed E-state index contributed by atoms with van der Waals surface area (Å²) >= 11 is 1.68. The van der Waals surface area contributed by atoms with Crippen molar-refractivity contribution in [3.8, 4) is 0 Å². The molecule has 0 spiro atoms. The van der Waals surface area contributed by atoms with Gasteiger partial charge in [0.25, 0.3) is 0 Å². The van der Waals surface area contributed by atoms with Crippen LogP contribution >= 0.6 is 11.3 Å². The zero-order valence-electron chi connectivity index (χ0n) is 10.4. The number of aryl methyl sites for hydroxylation is 2. The summed E-state index contributed by atoms with van der Waals surface area (Å²) in [6, 6.07) is 14.7. The van der Waals surface area contributed by atoms with Crippen LogP contribution in [0.5, 0.6) is 0 Å². The van der Waals surface area contributed by atoms with Gasteiger partial charge in [-0.3, -0.25) is 0 Å². The highest BCUT2D eigenvalue weighted by molar-refractivity contribution is 7.22. The van der Waals surface area contributed by atoms with Gasteiger partial charge in [0.1, 0.15) is 0 Å². The van der Waals surface area contributed by atoms with Crippen LogP contribution < -0.4 is 5.32 Å². The fourth-order valence-corrected chi connectivity index (χ4v) is 2.80. The molecule has 0 aliphatic heterocycles. The molecule has 2 aromatic carbocycles. The molecule has 0 fully saturated rings. The molecule has 0 saturated heterocycles. The van der Waals surface area contributed by atoms with Gasteiger partial charge >= 0.3 is 0 Å². The number of hydrogen-bond acceptors (Lipinski definition) is 3. The maximum absolute atomic E-state index is 4.61. The summed E-state index contributed by atoms with van der Waals surface area (Å²) in [7, 11) is 0. The highest BCUT2D eigenvalue weighted by Crippen LogP contribution is 2.28. The van der Waals surface area contributed by atoms with E-state index in [4.69, 9.17) is 0 Å². The predicted molar refractivity (Wildman–Crippen MR) is 78.8 cm³/mol. The first-order chi connectivity index (χ1) is 8.70. The molecule has 90 valence electrons. The van der Waals surface area contributed by atoms with Crippen LogP contribution in [-0.4, -0.2) is 4.98 Å². The predicted octanol–water partition coefficient (Wildman–Crippen LogP) is 4.66. The molecule has 0 unspecified atom stereocenters. The number of benzene rings is 2. The van der Waals surface area contributed by atoms with E-state index in [1.807, 2.05) is 0 Å². The van der Waals surface area contributed by atoms with E-state index in [1.165, 1.54) is 15.8 Å². The summed E-state index contributed by atoms with van der Waals surface area (Å²) in [5.74, 6) is 0. The number of fused-ring (bicyclic) bond motifs is 1. The first-order valence-corrected chi connectivity index (χ1v) is 6.73. The Kier molecular flexibility index (Phi) is 2.76. The molecule has 0 bridgehead atoms. The van der Waals surface area contributed by atoms with Gasteiger partial charge in [0.2, 0.25) is 0 Å². The Bertz CT molecular complexity index is 701. The van der Waals surface area contributed by atoms with Gasteiger partial charge in [-0.25, -0.2) is 4.98 Å². The molecule has 0 radical (unpaired) electrons. The Hall–Kier alpha value is -1.87. The SMILES string of the molecule is Cc1cccc(Nc2nc3cc(C)ccc3s2)c1. The summed E-state index contributed by atoms with van der Waals surface area (Å²) in [5, 5.41) is 4.31. The highest BCUT2D eigenvalue weighted by atomic mass is 32.1. The van der Waals surface area contributed by atoms with Gasteiger partial charge in [0.05, 0.1) is 10.2 Å². The second-order valence-electron chi connectivity index (χ2n) is 4.48. The van der Waals surface area contributed by atoms with Gasteiger partial charge in [-0.15, -0.1) is 0 Å². The quantitative estimate of drug-likeness (QED) is 0.719. The zero-order valence-corrected chi connectivity index (χ0v) is 11.2. The third-order valence-corrected chi connectivity index (χ3v) is 3.76. The molecule has 0 amide bonds. The molecule has 3 aromatic rings. The van der Waals surface area contributed by atoms with E-state index in [0.717, 1.165) is 16.3 Å². The number of thiazole rings is 1. The molecule has 3 rings (SSSR count). The molecular weight excluding hydrogens is 240 g/mol. The number of anilines is 2. The van der Waals surface area contributed by atoms with Crippen LogP contribution in [0.3, 0.4) is 0 Å². The zero-order chi connectivity index (χ0) is 12.5. The first kappa shape index (κ1) is 11.2. The number of rotatable bonds is 2. The molecule has 2 nitrogen and oxygen atoms in total. The summed E-state index contributed by atoms with van der Waals surface area (Å²) < 4.78 is 1.22. The first-order valence-electron chi connectivity index (χ1n) is 5.91. The Morgan fingerprint density at radius 2 is 1.83 bits per heavy atom. The molecule has 0 atom stereocenters. The summed E-state index contributed by atoms with van der Waals surface area (Å²) in [5.41, 5.74) is 4.65. The van der Waals surface area contributed by atoms with E-state index in [0.29, 0.717) is 0 Å². The number of aromatic nitrogens is 1. The van der Waals surface area contributed by atoms with Crippen molar-refractivity contribution in [1.82, 2.24) is 4.98 Å². The van der Waals surface area contributed by atoms with Gasteiger partial charge in [0.15, 0.2) is 5.13 Å². The molecule has 0 saturated carbocycles. The van der Waals surface area contributed by atoms with Crippen molar-refractivity contribution < 1.29 is 0 Å². The van der Waals surface area contributed by atoms with Crippen molar-refractivity contribution in [2.24, 2.45) is 0 Å². The normalized spacial score (nSPS) is 10.8. The average Bonchev–Trinajstić information content (AvgIpc) is 2.70. The average molecular weight is 254 g/mol. The van der Waals surface area contributed by atoms with Gasteiger partial charge < -0.3 is 5.32 Å². The van der Waals surface area contributed by atoms with Crippen molar-refractivity contribution in [3.63, 3.8) is 0 Å². The maximum atomic E-state index is 4.61. The van der Waals surface area contributed by atoms with E-state index >= 15 is 0 Å². The fourth-order valence-electron chi connectivity index (χ4n) is 1.94. The largest absolute Gasteiger partial charge is 0.332 e. The fraction of sp³-hybridized carbons (Fsp3) is 0.133. The number of hydrogen-bond donors (Lipinski definition) is 1. The lowest BCUT2D eigenvalue weighted by Gasteiger charge is -2.02. The minimum Gasteiger partial charge on any atom is -0.332 e. The van der Waals surface area contributed by atoms with Crippen LogP contribution in [0.1, 0.15) is 11.1 Å². The van der Waals surface area contributed by atoms with Crippen molar-refractivity contribution >= 4 is 32.4 Å². The third kappa shape index (κ3) is 2.22. The molecular formula is C15H14N2S. The molecule has 0 aliphatic rings. The highest BCUT2D eigenvalue weighted by Gasteiger charge is 2.04. The smallest absolute Gasteiger partial charge is 0.188 e. The van der Waals surface area contributed by atoms with E-state index in [-0.39, 0.29) is 0 Å². The summed E-state index contributed by atoms with van der Waals surface area (Å²) in [4.78, 5) is 4.61. The molecule has 1 aromatic heterocycles. The van der Waals surface area contributed by atoms with Crippen molar-refractivity contribution in [2.75, 3.05) is 5.32 Å². The van der Waals surface area contributed by atoms with Crippen LogP contribution in [0.2, 0.25) is 0 Å². The number of nitrogens with one attached hydrogen (secondary N) is 1. The van der Waals surface area contributed by atoms with Crippen LogP contribution in [0.25, 0.3) is 10.2 Å². The lowest BCUT2D eigenvalue weighted by atomic mass is 10.2. The summed E-state index contributed by atoms with van der Waals surface area (Å²) in [6.07, 6.45) is 0. The van der Waals surface area contributed by atoms with E-state index < -0.39 is 0 Å². The van der Waals surface area contributed by atoms with Crippen molar-refractivity contribution in [3.05, 3.63) is 53.6 Å². The second-order valence-corrected chi connectivity index (χ2v) is 5.52. The van der Waals surface area contributed by atoms with Crippen LogP contribution in [0.4, 0.5) is 10.8 Å². The van der Waals surface area contributed by atoms with E-state index in [9.17, 15) is 0 Å². The molecule has 18 heavy (non-hydrogen) atoms. The Labute approximate surface area is 110 Å². The van der Waals surface area contributed by atoms with Crippen LogP contribution in [0, 0.1) is 13.8 Å². The third-order valence-electron chi connectivity index (χ3n) is 2.81. The minimum absolute atomic E-state index is 0.946. The van der Waals surface area contributed by atoms with Gasteiger partial charge in [0, 0.05) is 5.69 Å². The molecule has 3 heteroatoms. The summed E-state index contributed by atoms with van der Waals surface area (Å²) in [6.45, 7) is 4.18. The van der Waals surface area contributed by atoms with E-state index in [2.05, 4.69) is 66.6 Å². The standard InChI is InChI=1S/C15H14N2S/c1-10-4-3-5-12(8-10)16-15-17-13-9-11(2)6-7-14(13)18-15/h3-9H,1-2H3,(H,16,17). The molecule has 1 N–H and O–H groups in total. The molecule has 1 heterocycles. The Morgan fingerprint density at radius 1 is 1.00 bits per heavy atom. The van der Waals surface area contributed by atoms with Gasteiger partial charge in [-0.05, 0) is 49.2 Å². The second kappa shape index (κ2) is 4.42. The van der Waals surface area contributed by atoms with Gasteiger partial charge in [-0.2, -0.15) is 0 Å². The van der Waals surface area contributed by atoms with Crippen LogP contribution in [0.15, 0.2) is 42.5 Å². The van der Waals surface area contributed by atoms with Gasteiger partial charge in [-0.1, -0.05) is 29.5 Å². The van der Waals surface area contributed by atoms with Crippen LogP contribution in [-0.2, 0) is 0 Å². The topological polar surface area (TPSA) is 24.9 Å². The maximum Gasteiger partial charge on any atom is 0.188 e.